The van der Waals surface area contributed by atoms with Crippen LogP contribution in [0, 0.1) is 0 Å². The van der Waals surface area contributed by atoms with Crippen LogP contribution in [-0.2, 0) is 15.7 Å². The molecular formula is C12H14F3N3O4. The molecule has 0 saturated heterocycles. The maximum Gasteiger partial charge on any atom is 0.437 e. The summed E-state index contributed by atoms with van der Waals surface area (Å²) in [4.78, 5) is 26.6. The van der Waals surface area contributed by atoms with Gasteiger partial charge in [0.2, 0.25) is 0 Å². The van der Waals surface area contributed by atoms with Crippen LogP contribution in [0.3, 0.4) is 0 Å². The van der Waals surface area contributed by atoms with Crippen LogP contribution in [0.1, 0.15) is 54.5 Å². The van der Waals surface area contributed by atoms with Crippen molar-refractivity contribution in [1.82, 2.24) is 15.2 Å². The van der Waals surface area contributed by atoms with E-state index in [1.54, 1.807) is 20.8 Å². The van der Waals surface area contributed by atoms with Crippen molar-refractivity contribution in [2.24, 2.45) is 0 Å². The third-order valence-electron chi connectivity index (χ3n) is 2.01. The maximum atomic E-state index is 12.8. The molecule has 0 aliphatic carbocycles. The monoisotopic (exact) mass is 321 g/mol. The summed E-state index contributed by atoms with van der Waals surface area (Å²) >= 11 is 0. The van der Waals surface area contributed by atoms with E-state index in [9.17, 15) is 22.8 Å². The van der Waals surface area contributed by atoms with Gasteiger partial charge in [-0.05, 0) is 27.7 Å². The van der Waals surface area contributed by atoms with Crippen LogP contribution in [0.5, 0.6) is 0 Å². The first-order valence-corrected chi connectivity index (χ1v) is 6.18. The summed E-state index contributed by atoms with van der Waals surface area (Å²) in [6.07, 6.45) is -4.96. The van der Waals surface area contributed by atoms with Crippen molar-refractivity contribution in [2.75, 3.05) is 6.61 Å². The highest BCUT2D eigenvalue weighted by Gasteiger charge is 2.40. The molecule has 0 unspecified atom stereocenters. The lowest BCUT2D eigenvalue weighted by Gasteiger charge is -2.18. The second kappa shape index (κ2) is 6.24. The molecule has 0 fully saturated rings. The van der Waals surface area contributed by atoms with Gasteiger partial charge in [0, 0.05) is 0 Å². The van der Waals surface area contributed by atoms with Crippen molar-refractivity contribution < 1.29 is 32.2 Å². The molecule has 7 nitrogen and oxygen atoms in total. The number of ether oxygens (including phenoxy) is 2. The Hall–Kier alpha value is -2.26. The molecule has 0 aromatic carbocycles. The smallest absolute Gasteiger partial charge is 0.437 e. The van der Waals surface area contributed by atoms with E-state index in [1.165, 1.54) is 6.92 Å². The highest BCUT2D eigenvalue weighted by molar-refractivity contribution is 5.91. The molecule has 122 valence electrons. The number of esters is 2. The average Bonchev–Trinajstić information content (AvgIpc) is 2.35. The number of carbonyl (C=O) groups excluding carboxylic acids is 2. The highest BCUT2D eigenvalue weighted by atomic mass is 19.4. The van der Waals surface area contributed by atoms with Crippen molar-refractivity contribution in [3.05, 3.63) is 17.2 Å². The lowest BCUT2D eigenvalue weighted by molar-refractivity contribution is -0.142. The summed E-state index contributed by atoms with van der Waals surface area (Å²) in [7, 11) is 0. The van der Waals surface area contributed by atoms with Crippen molar-refractivity contribution in [3.63, 3.8) is 0 Å². The quantitative estimate of drug-likeness (QED) is 0.786. The van der Waals surface area contributed by atoms with Gasteiger partial charge in [-0.3, -0.25) is 0 Å². The van der Waals surface area contributed by atoms with Gasteiger partial charge in [-0.1, -0.05) is 0 Å². The Kier molecular flexibility index (Phi) is 5.05. The zero-order valence-corrected chi connectivity index (χ0v) is 12.3. The van der Waals surface area contributed by atoms with Gasteiger partial charge in [0.1, 0.15) is 5.60 Å². The Labute approximate surface area is 123 Å². The Bertz CT molecular complexity index is 582. The van der Waals surface area contributed by atoms with Crippen molar-refractivity contribution in [3.8, 4) is 0 Å². The molecule has 22 heavy (non-hydrogen) atoms. The molecule has 0 N–H and O–H groups in total. The van der Waals surface area contributed by atoms with Crippen molar-refractivity contribution in [2.45, 2.75) is 39.5 Å². The fourth-order valence-corrected chi connectivity index (χ4v) is 1.27. The van der Waals surface area contributed by atoms with Crippen LogP contribution in [0.4, 0.5) is 13.2 Å². The molecule has 0 spiro atoms. The van der Waals surface area contributed by atoms with Gasteiger partial charge in [0.25, 0.3) is 5.82 Å². The van der Waals surface area contributed by atoms with E-state index in [0.29, 0.717) is 0 Å². The van der Waals surface area contributed by atoms with Crippen LogP contribution < -0.4 is 0 Å². The second-order valence-electron chi connectivity index (χ2n) is 5.05. The van der Waals surface area contributed by atoms with Crippen LogP contribution in [0.2, 0.25) is 0 Å². The fourth-order valence-electron chi connectivity index (χ4n) is 1.27. The summed E-state index contributed by atoms with van der Waals surface area (Å²) in [5, 5.41) is 5.93. The Morgan fingerprint density at radius 1 is 1.09 bits per heavy atom. The van der Waals surface area contributed by atoms with Gasteiger partial charge in [0.15, 0.2) is 11.4 Å². The molecule has 1 heterocycles. The first kappa shape index (κ1) is 17.8. The Morgan fingerprint density at radius 3 is 2.14 bits per heavy atom. The standard InChI is InChI=1S/C12H14F3N3O4/c1-5-21-9(19)6-7(12(13,14)15)17-18-8(16-6)10(20)22-11(2,3)4/h5H2,1-4H3. The van der Waals surface area contributed by atoms with Crippen molar-refractivity contribution in [1.29, 1.82) is 0 Å². The van der Waals surface area contributed by atoms with Gasteiger partial charge < -0.3 is 9.47 Å². The molecule has 1 aromatic heterocycles. The van der Waals surface area contributed by atoms with E-state index in [1.807, 2.05) is 0 Å². The largest absolute Gasteiger partial charge is 0.461 e. The number of rotatable bonds is 3. The molecular weight excluding hydrogens is 307 g/mol. The van der Waals surface area contributed by atoms with Crippen LogP contribution in [0.25, 0.3) is 0 Å². The summed E-state index contributed by atoms with van der Waals surface area (Å²) in [5.74, 6) is -3.21. The molecule has 10 heteroatoms. The fraction of sp³-hybridized carbons (Fsp3) is 0.583. The molecule has 0 atom stereocenters. The third kappa shape index (κ3) is 4.64. The Morgan fingerprint density at radius 2 is 1.68 bits per heavy atom. The average molecular weight is 321 g/mol. The van der Waals surface area contributed by atoms with E-state index in [4.69, 9.17) is 4.74 Å². The molecule has 0 aliphatic rings. The summed E-state index contributed by atoms with van der Waals surface area (Å²) in [5.41, 5.74) is -3.67. The SMILES string of the molecule is CCOC(=O)c1nc(C(=O)OC(C)(C)C)nnc1C(F)(F)F. The molecule has 0 saturated carbocycles. The molecule has 0 radical (unpaired) electrons. The van der Waals surface area contributed by atoms with Gasteiger partial charge in [-0.2, -0.15) is 13.2 Å². The zero-order chi connectivity index (χ0) is 17.1. The second-order valence-corrected chi connectivity index (χ2v) is 5.05. The number of aromatic nitrogens is 3. The minimum atomic E-state index is -4.96. The maximum absolute atomic E-state index is 12.8. The minimum absolute atomic E-state index is 0.165. The van der Waals surface area contributed by atoms with E-state index in [2.05, 4.69) is 19.9 Å². The van der Waals surface area contributed by atoms with Crippen LogP contribution >= 0.6 is 0 Å². The normalized spacial score (nSPS) is 12.0. The molecule has 0 bridgehead atoms. The van der Waals surface area contributed by atoms with E-state index >= 15 is 0 Å². The van der Waals surface area contributed by atoms with E-state index < -0.39 is 40.9 Å². The first-order valence-electron chi connectivity index (χ1n) is 6.18. The first-order chi connectivity index (χ1) is 9.95. The van der Waals surface area contributed by atoms with Gasteiger partial charge in [-0.15, -0.1) is 10.2 Å². The van der Waals surface area contributed by atoms with Gasteiger partial charge in [0.05, 0.1) is 6.61 Å². The van der Waals surface area contributed by atoms with Crippen LogP contribution in [0.15, 0.2) is 0 Å². The van der Waals surface area contributed by atoms with Crippen molar-refractivity contribution >= 4 is 11.9 Å². The number of halogens is 3. The molecule has 1 rings (SSSR count). The zero-order valence-electron chi connectivity index (χ0n) is 12.3. The number of alkyl halides is 3. The lowest BCUT2D eigenvalue weighted by atomic mass is 10.2. The van der Waals surface area contributed by atoms with Gasteiger partial charge >= 0.3 is 18.1 Å². The molecule has 0 amide bonds. The lowest BCUT2D eigenvalue weighted by Crippen LogP contribution is -2.28. The van der Waals surface area contributed by atoms with E-state index in [-0.39, 0.29) is 6.61 Å². The van der Waals surface area contributed by atoms with Crippen LogP contribution in [-0.4, -0.2) is 39.3 Å². The highest BCUT2D eigenvalue weighted by Crippen LogP contribution is 2.29. The summed E-state index contributed by atoms with van der Waals surface area (Å²) < 4.78 is 47.7. The summed E-state index contributed by atoms with van der Waals surface area (Å²) in [6.45, 7) is 5.90. The topological polar surface area (TPSA) is 91.3 Å². The number of nitrogens with zero attached hydrogens (tertiary/aromatic N) is 3. The number of hydrogen-bond donors (Lipinski definition) is 0. The van der Waals surface area contributed by atoms with Gasteiger partial charge in [-0.25, -0.2) is 14.6 Å². The molecule has 0 aliphatic heterocycles. The Balaban J connectivity index is 3.28. The predicted octanol–water partition coefficient (Wildman–Crippen LogP) is 2.02. The molecule has 1 aromatic rings. The minimum Gasteiger partial charge on any atom is -0.461 e. The number of hydrogen-bond acceptors (Lipinski definition) is 7. The predicted molar refractivity (Wildman–Crippen MR) is 66.0 cm³/mol. The van der Waals surface area contributed by atoms with E-state index in [0.717, 1.165) is 0 Å². The summed E-state index contributed by atoms with van der Waals surface area (Å²) in [6, 6.07) is 0. The third-order valence-corrected chi connectivity index (χ3v) is 2.01. The number of carbonyl (C=O) groups is 2.